The van der Waals surface area contributed by atoms with E-state index >= 15 is 0 Å². The second kappa shape index (κ2) is 4.30. The van der Waals surface area contributed by atoms with Crippen LogP contribution in [0.5, 0.6) is 0 Å². The molecule has 1 nitrogen and oxygen atoms in total. The maximum absolute atomic E-state index is 13.3. The molecule has 1 N–H and O–H groups in total. The van der Waals surface area contributed by atoms with E-state index < -0.39 is 0 Å². The zero-order chi connectivity index (χ0) is 12.5. The van der Waals surface area contributed by atoms with Crippen LogP contribution in [0.2, 0.25) is 0 Å². The van der Waals surface area contributed by atoms with Gasteiger partial charge < -0.3 is 4.98 Å². The van der Waals surface area contributed by atoms with Crippen molar-refractivity contribution in [3.63, 3.8) is 0 Å². The minimum Gasteiger partial charge on any atom is -0.361 e. The molecule has 90 valence electrons. The first-order valence-corrected chi connectivity index (χ1v) is 6.03. The Kier molecular flexibility index (Phi) is 2.63. The van der Waals surface area contributed by atoms with Gasteiger partial charge in [0.15, 0.2) is 0 Å². The molecule has 0 aliphatic heterocycles. The van der Waals surface area contributed by atoms with Crippen molar-refractivity contribution in [1.29, 1.82) is 0 Å². The normalized spacial score (nSPS) is 11.0. The molecule has 0 amide bonds. The van der Waals surface area contributed by atoms with E-state index in [4.69, 9.17) is 0 Å². The molecule has 0 spiro atoms. The van der Waals surface area contributed by atoms with Gasteiger partial charge in [0.2, 0.25) is 0 Å². The molecule has 18 heavy (non-hydrogen) atoms. The lowest BCUT2D eigenvalue weighted by molar-refractivity contribution is 0.629. The Balaban J connectivity index is 2.02. The van der Waals surface area contributed by atoms with Gasteiger partial charge in [-0.15, -0.1) is 0 Å². The molecule has 0 saturated heterocycles. The highest BCUT2D eigenvalue weighted by Gasteiger charge is 2.05. The van der Waals surface area contributed by atoms with Crippen molar-refractivity contribution in [2.75, 3.05) is 0 Å². The average molecular weight is 239 g/mol. The Hall–Kier alpha value is -2.09. The Labute approximate surface area is 105 Å². The molecule has 0 aliphatic carbocycles. The third-order valence-corrected chi connectivity index (χ3v) is 3.21. The number of nitrogens with one attached hydrogen (secondary N) is 1. The molecule has 1 heterocycles. The van der Waals surface area contributed by atoms with Gasteiger partial charge in [-0.05, 0) is 42.7 Å². The van der Waals surface area contributed by atoms with Crippen LogP contribution in [0, 0.1) is 12.7 Å². The van der Waals surface area contributed by atoms with Crippen LogP contribution < -0.4 is 0 Å². The third-order valence-electron chi connectivity index (χ3n) is 3.21. The molecule has 3 aromatic rings. The lowest BCUT2D eigenvalue weighted by atomic mass is 10.0. The number of fused-ring (bicyclic) bond motifs is 1. The van der Waals surface area contributed by atoms with Gasteiger partial charge >= 0.3 is 0 Å². The number of hydrogen-bond acceptors (Lipinski definition) is 0. The standard InChI is InChI=1S/C16H14FN/c1-11-3-2-4-12(7-11)8-13-10-18-16-6-5-14(17)9-15(13)16/h2-7,9-10,18H,8H2,1H3. The summed E-state index contributed by atoms with van der Waals surface area (Å²) in [7, 11) is 0. The number of rotatable bonds is 2. The van der Waals surface area contributed by atoms with E-state index in [0.717, 1.165) is 22.9 Å². The first-order chi connectivity index (χ1) is 8.72. The fourth-order valence-corrected chi connectivity index (χ4v) is 2.34. The van der Waals surface area contributed by atoms with Crippen LogP contribution in [-0.4, -0.2) is 4.98 Å². The highest BCUT2D eigenvalue weighted by atomic mass is 19.1. The first kappa shape index (κ1) is 11.0. The molecule has 0 bridgehead atoms. The molecule has 0 saturated carbocycles. The fraction of sp³-hybridized carbons (Fsp3) is 0.125. The van der Waals surface area contributed by atoms with E-state index in [2.05, 4.69) is 36.2 Å². The molecule has 2 heteroatoms. The summed E-state index contributed by atoms with van der Waals surface area (Å²) in [4.78, 5) is 3.18. The largest absolute Gasteiger partial charge is 0.361 e. The third kappa shape index (κ3) is 2.02. The van der Waals surface area contributed by atoms with Crippen molar-refractivity contribution < 1.29 is 4.39 Å². The minimum atomic E-state index is -0.187. The van der Waals surface area contributed by atoms with Gasteiger partial charge in [0.05, 0.1) is 0 Å². The van der Waals surface area contributed by atoms with E-state index in [1.54, 1.807) is 12.1 Å². The van der Waals surface area contributed by atoms with Crippen LogP contribution in [-0.2, 0) is 6.42 Å². The summed E-state index contributed by atoms with van der Waals surface area (Å²) in [5.41, 5.74) is 4.62. The van der Waals surface area contributed by atoms with Gasteiger partial charge in [-0.2, -0.15) is 0 Å². The fourth-order valence-electron chi connectivity index (χ4n) is 2.34. The Morgan fingerprint density at radius 2 is 2.00 bits per heavy atom. The molecule has 0 fully saturated rings. The molecule has 3 rings (SSSR count). The number of aromatic nitrogens is 1. The van der Waals surface area contributed by atoms with Crippen LogP contribution in [0.4, 0.5) is 4.39 Å². The van der Waals surface area contributed by atoms with Crippen LogP contribution in [0.25, 0.3) is 10.9 Å². The Morgan fingerprint density at radius 3 is 2.83 bits per heavy atom. The predicted octanol–water partition coefficient (Wildman–Crippen LogP) is 4.21. The number of aromatic amines is 1. The molecular weight excluding hydrogens is 225 g/mol. The van der Waals surface area contributed by atoms with E-state index in [0.29, 0.717) is 0 Å². The van der Waals surface area contributed by atoms with E-state index in [1.807, 2.05) is 6.20 Å². The van der Waals surface area contributed by atoms with Gasteiger partial charge in [-0.3, -0.25) is 0 Å². The average Bonchev–Trinajstić information content (AvgIpc) is 2.72. The van der Waals surface area contributed by atoms with Crippen LogP contribution >= 0.6 is 0 Å². The van der Waals surface area contributed by atoms with Crippen molar-refractivity contribution in [2.45, 2.75) is 13.3 Å². The summed E-state index contributed by atoms with van der Waals surface area (Å²) in [5, 5.41) is 0.969. The van der Waals surface area contributed by atoms with Crippen LogP contribution in [0.15, 0.2) is 48.7 Å². The van der Waals surface area contributed by atoms with Gasteiger partial charge in [0.1, 0.15) is 5.82 Å². The van der Waals surface area contributed by atoms with Gasteiger partial charge in [0, 0.05) is 17.1 Å². The first-order valence-electron chi connectivity index (χ1n) is 6.03. The summed E-state index contributed by atoms with van der Waals surface area (Å²) in [6.45, 7) is 2.08. The van der Waals surface area contributed by atoms with E-state index in [9.17, 15) is 4.39 Å². The van der Waals surface area contributed by atoms with E-state index in [1.165, 1.54) is 17.2 Å². The van der Waals surface area contributed by atoms with Crippen molar-refractivity contribution in [3.8, 4) is 0 Å². The molecule has 0 atom stereocenters. The molecule has 0 radical (unpaired) electrons. The summed E-state index contributed by atoms with van der Waals surface area (Å²) in [6, 6.07) is 13.3. The number of hydrogen-bond donors (Lipinski definition) is 1. The van der Waals surface area contributed by atoms with Crippen LogP contribution in [0.1, 0.15) is 16.7 Å². The topological polar surface area (TPSA) is 15.8 Å². The quantitative estimate of drug-likeness (QED) is 0.689. The minimum absolute atomic E-state index is 0.187. The molecule has 1 aromatic heterocycles. The highest BCUT2D eigenvalue weighted by molar-refractivity contribution is 5.83. The lowest BCUT2D eigenvalue weighted by Gasteiger charge is -2.02. The lowest BCUT2D eigenvalue weighted by Crippen LogP contribution is -1.87. The Bertz CT molecular complexity index is 697. The maximum Gasteiger partial charge on any atom is 0.123 e. The highest BCUT2D eigenvalue weighted by Crippen LogP contribution is 2.22. The van der Waals surface area contributed by atoms with Crippen molar-refractivity contribution >= 4 is 10.9 Å². The maximum atomic E-state index is 13.3. The zero-order valence-electron chi connectivity index (χ0n) is 10.2. The number of halogens is 1. The van der Waals surface area contributed by atoms with Gasteiger partial charge in [-0.25, -0.2) is 4.39 Å². The van der Waals surface area contributed by atoms with Crippen molar-refractivity contribution in [1.82, 2.24) is 4.98 Å². The summed E-state index contributed by atoms with van der Waals surface area (Å²) < 4.78 is 13.3. The smallest absolute Gasteiger partial charge is 0.123 e. The number of H-pyrrole nitrogens is 1. The summed E-state index contributed by atoms with van der Waals surface area (Å²) in [6.07, 6.45) is 2.79. The second-order valence-electron chi connectivity index (χ2n) is 4.67. The molecular formula is C16H14FN. The SMILES string of the molecule is Cc1cccc(Cc2c[nH]c3ccc(F)cc23)c1. The van der Waals surface area contributed by atoms with Gasteiger partial charge in [0.25, 0.3) is 0 Å². The second-order valence-corrected chi connectivity index (χ2v) is 4.67. The van der Waals surface area contributed by atoms with Crippen LogP contribution in [0.3, 0.4) is 0 Å². The molecule has 2 aromatic carbocycles. The number of benzene rings is 2. The number of aryl methyl sites for hydroxylation is 1. The predicted molar refractivity (Wildman–Crippen MR) is 72.2 cm³/mol. The molecule has 0 aliphatic rings. The van der Waals surface area contributed by atoms with Gasteiger partial charge in [-0.1, -0.05) is 29.8 Å². The van der Waals surface area contributed by atoms with Crippen molar-refractivity contribution in [2.24, 2.45) is 0 Å². The summed E-state index contributed by atoms with van der Waals surface area (Å²) in [5.74, 6) is -0.187. The summed E-state index contributed by atoms with van der Waals surface area (Å²) >= 11 is 0. The Morgan fingerprint density at radius 1 is 1.11 bits per heavy atom. The zero-order valence-corrected chi connectivity index (χ0v) is 10.2. The molecule has 0 unspecified atom stereocenters. The monoisotopic (exact) mass is 239 g/mol. The van der Waals surface area contributed by atoms with Crippen molar-refractivity contribution in [3.05, 3.63) is 71.2 Å². The van der Waals surface area contributed by atoms with E-state index in [-0.39, 0.29) is 5.82 Å².